The van der Waals surface area contributed by atoms with Crippen molar-refractivity contribution in [2.24, 2.45) is 7.05 Å². The van der Waals surface area contributed by atoms with E-state index in [1.54, 1.807) is 14.1 Å². The number of alkyl halides is 3. The highest BCUT2D eigenvalue weighted by atomic mass is 19.4. The second-order valence-electron chi connectivity index (χ2n) is 7.20. The van der Waals surface area contributed by atoms with Crippen molar-refractivity contribution in [3.05, 3.63) is 42.4 Å². The van der Waals surface area contributed by atoms with Crippen molar-refractivity contribution >= 4 is 28.4 Å². The van der Waals surface area contributed by atoms with Crippen molar-refractivity contribution in [1.29, 1.82) is 0 Å². The summed E-state index contributed by atoms with van der Waals surface area (Å²) in [6.45, 7) is 0. The van der Waals surface area contributed by atoms with Gasteiger partial charge in [-0.2, -0.15) is 18.3 Å². The number of nitrogens with zero attached hydrogens (tertiary/aromatic N) is 4. The molecule has 0 radical (unpaired) electrons. The third kappa shape index (κ3) is 3.90. The molecule has 1 fully saturated rings. The number of aryl methyl sites for hydroxylation is 1. The molecule has 1 aliphatic rings. The highest BCUT2D eigenvalue weighted by molar-refractivity contribution is 6.04. The van der Waals surface area contributed by atoms with Gasteiger partial charge in [-0.3, -0.25) is 19.3 Å². The Labute approximate surface area is 174 Å². The average Bonchev–Trinajstić information content (AvgIpc) is 3.24. The first-order valence-corrected chi connectivity index (χ1v) is 9.36. The minimum atomic E-state index is -4.64. The molecule has 0 saturated carbocycles. The van der Waals surface area contributed by atoms with Crippen LogP contribution in [0.2, 0.25) is 0 Å². The van der Waals surface area contributed by atoms with E-state index < -0.39 is 29.4 Å². The van der Waals surface area contributed by atoms with Gasteiger partial charge in [-0.15, -0.1) is 0 Å². The van der Waals surface area contributed by atoms with Gasteiger partial charge in [-0.1, -0.05) is 0 Å². The normalized spacial score (nSPS) is 16.7. The first kappa shape index (κ1) is 20.6. The minimum Gasteiger partial charge on any atom is -0.457 e. The molecule has 0 spiro atoms. The number of amides is 2. The molecule has 11 heteroatoms. The largest absolute Gasteiger partial charge is 0.457 e. The number of benzene rings is 1. The van der Waals surface area contributed by atoms with E-state index in [4.69, 9.17) is 4.74 Å². The third-order valence-corrected chi connectivity index (χ3v) is 5.17. The molecule has 1 aliphatic heterocycles. The van der Waals surface area contributed by atoms with Crippen LogP contribution >= 0.6 is 0 Å². The average molecular weight is 433 g/mol. The molecule has 1 atom stereocenters. The van der Waals surface area contributed by atoms with Crippen LogP contribution in [0.4, 0.5) is 18.9 Å². The molecular formula is C20H18F3N5O3. The van der Waals surface area contributed by atoms with Crippen molar-refractivity contribution in [3.8, 4) is 11.5 Å². The van der Waals surface area contributed by atoms with E-state index in [9.17, 15) is 22.8 Å². The predicted octanol–water partition coefficient (Wildman–Crippen LogP) is 3.34. The number of likely N-dealkylation sites (N-methyl/N-ethyl adjacent to an activating group) is 1. The number of hydrogen-bond donors (Lipinski definition) is 1. The second kappa shape index (κ2) is 7.56. The number of likely N-dealkylation sites (tertiary alicyclic amines) is 1. The van der Waals surface area contributed by atoms with Crippen LogP contribution in [0.15, 0.2) is 36.8 Å². The zero-order chi connectivity index (χ0) is 22.3. The van der Waals surface area contributed by atoms with E-state index in [1.165, 1.54) is 34.1 Å². The maximum Gasteiger partial charge on any atom is 0.421 e. The number of halogens is 3. The minimum absolute atomic E-state index is 0.0864. The number of carbonyl (C=O) groups is 2. The van der Waals surface area contributed by atoms with Crippen LogP contribution in [0.3, 0.4) is 0 Å². The van der Waals surface area contributed by atoms with Crippen LogP contribution < -0.4 is 10.1 Å². The van der Waals surface area contributed by atoms with Crippen molar-refractivity contribution in [3.63, 3.8) is 0 Å². The van der Waals surface area contributed by atoms with Gasteiger partial charge in [0.2, 0.25) is 11.8 Å². The molecule has 2 aromatic heterocycles. The zero-order valence-electron chi connectivity index (χ0n) is 16.6. The van der Waals surface area contributed by atoms with Crippen LogP contribution in [0.5, 0.6) is 11.5 Å². The maximum absolute atomic E-state index is 13.3. The smallest absolute Gasteiger partial charge is 0.421 e. The van der Waals surface area contributed by atoms with Gasteiger partial charge in [0.25, 0.3) is 0 Å². The first-order valence-electron chi connectivity index (χ1n) is 9.36. The molecule has 0 bridgehead atoms. The van der Waals surface area contributed by atoms with Crippen molar-refractivity contribution in [1.82, 2.24) is 19.7 Å². The number of rotatable bonds is 4. The van der Waals surface area contributed by atoms with Crippen LogP contribution in [0, 0.1) is 0 Å². The highest BCUT2D eigenvalue weighted by Gasteiger charge is 2.35. The summed E-state index contributed by atoms with van der Waals surface area (Å²) in [4.78, 5) is 29.4. The number of fused-ring (bicyclic) bond motifs is 1. The highest BCUT2D eigenvalue weighted by Crippen LogP contribution is 2.39. The Morgan fingerprint density at radius 1 is 1.26 bits per heavy atom. The Morgan fingerprint density at radius 2 is 2.03 bits per heavy atom. The van der Waals surface area contributed by atoms with Crippen molar-refractivity contribution in [2.45, 2.75) is 25.1 Å². The van der Waals surface area contributed by atoms with E-state index in [-0.39, 0.29) is 18.1 Å². The number of nitrogens with one attached hydrogen (secondary N) is 1. The molecule has 3 aromatic rings. The number of anilines is 1. The SMILES string of the molecule is CN1C(=O)CCC1C(=O)Nc1cc(Oc2ccncc2C(F)(F)F)cc2cnn(C)c12. The lowest BCUT2D eigenvalue weighted by Gasteiger charge is -2.20. The summed E-state index contributed by atoms with van der Waals surface area (Å²) in [7, 11) is 3.23. The molecule has 4 rings (SSSR count). The molecule has 2 amide bonds. The monoisotopic (exact) mass is 433 g/mol. The van der Waals surface area contributed by atoms with Gasteiger partial charge >= 0.3 is 6.18 Å². The summed E-state index contributed by atoms with van der Waals surface area (Å²) in [5.41, 5.74) is -0.135. The van der Waals surface area contributed by atoms with Gasteiger partial charge in [0.1, 0.15) is 23.1 Å². The molecule has 8 nitrogen and oxygen atoms in total. The van der Waals surface area contributed by atoms with Crippen molar-refractivity contribution < 1.29 is 27.5 Å². The summed E-state index contributed by atoms with van der Waals surface area (Å²) >= 11 is 0. The number of ether oxygens (including phenoxy) is 1. The summed E-state index contributed by atoms with van der Waals surface area (Å²) in [6.07, 6.45) is -0.575. The molecule has 1 unspecified atom stereocenters. The summed E-state index contributed by atoms with van der Waals surface area (Å²) in [6, 6.07) is 3.45. The lowest BCUT2D eigenvalue weighted by Crippen LogP contribution is -2.38. The quantitative estimate of drug-likeness (QED) is 0.682. The topological polar surface area (TPSA) is 89.3 Å². The fourth-order valence-electron chi connectivity index (χ4n) is 3.59. The van der Waals surface area contributed by atoms with Gasteiger partial charge in [0.15, 0.2) is 0 Å². The van der Waals surface area contributed by atoms with E-state index in [0.29, 0.717) is 29.2 Å². The van der Waals surface area contributed by atoms with E-state index in [2.05, 4.69) is 15.4 Å². The summed E-state index contributed by atoms with van der Waals surface area (Å²) < 4.78 is 46.9. The van der Waals surface area contributed by atoms with E-state index in [1.807, 2.05) is 0 Å². The summed E-state index contributed by atoms with van der Waals surface area (Å²) in [5.74, 6) is -0.847. The molecule has 31 heavy (non-hydrogen) atoms. The first-order chi connectivity index (χ1) is 14.6. The van der Waals surface area contributed by atoms with Gasteiger partial charge in [-0.25, -0.2) is 0 Å². The molecule has 1 saturated heterocycles. The third-order valence-electron chi connectivity index (χ3n) is 5.17. The lowest BCUT2D eigenvalue weighted by atomic mass is 10.1. The van der Waals surface area contributed by atoms with Crippen LogP contribution in [0.1, 0.15) is 18.4 Å². The Balaban J connectivity index is 1.70. The molecule has 1 N–H and O–H groups in total. The molecule has 1 aromatic carbocycles. The Morgan fingerprint density at radius 3 is 2.71 bits per heavy atom. The van der Waals surface area contributed by atoms with E-state index >= 15 is 0 Å². The van der Waals surface area contributed by atoms with Crippen molar-refractivity contribution in [2.75, 3.05) is 12.4 Å². The Bertz CT molecular complexity index is 1170. The number of hydrogen-bond acceptors (Lipinski definition) is 5. The zero-order valence-corrected chi connectivity index (χ0v) is 16.6. The van der Waals surface area contributed by atoms with Crippen LogP contribution in [-0.4, -0.2) is 44.6 Å². The molecule has 3 heterocycles. The Kier molecular flexibility index (Phi) is 5.03. The number of carbonyl (C=O) groups excluding carboxylic acids is 2. The molecule has 162 valence electrons. The van der Waals surface area contributed by atoms with Gasteiger partial charge in [0, 0.05) is 44.4 Å². The second-order valence-corrected chi connectivity index (χ2v) is 7.20. The van der Waals surface area contributed by atoms with E-state index in [0.717, 1.165) is 6.07 Å². The number of aromatic nitrogens is 3. The van der Waals surface area contributed by atoms with Crippen LogP contribution in [0.25, 0.3) is 10.9 Å². The molecule has 0 aliphatic carbocycles. The van der Waals surface area contributed by atoms with Crippen LogP contribution in [-0.2, 0) is 22.8 Å². The molecular weight excluding hydrogens is 415 g/mol. The fraction of sp³-hybridized carbons (Fsp3) is 0.300. The lowest BCUT2D eigenvalue weighted by molar-refractivity contribution is -0.138. The number of pyridine rings is 1. The maximum atomic E-state index is 13.3. The predicted molar refractivity (Wildman–Crippen MR) is 104 cm³/mol. The Hall–Kier alpha value is -3.63. The van der Waals surface area contributed by atoms with Gasteiger partial charge < -0.3 is 15.0 Å². The van der Waals surface area contributed by atoms with Gasteiger partial charge in [0.05, 0.1) is 17.4 Å². The van der Waals surface area contributed by atoms with Gasteiger partial charge in [-0.05, 0) is 18.6 Å². The fourth-order valence-corrected chi connectivity index (χ4v) is 3.59. The summed E-state index contributed by atoms with van der Waals surface area (Å²) in [5, 5.41) is 7.48. The standard InChI is InChI=1S/C20H18F3N5O3/c1-27-15(3-4-17(27)29)19(30)26-14-8-12(7-11-9-25-28(2)18(11)14)31-16-5-6-24-10-13(16)20(21,22)23/h5-10,15H,3-4H2,1-2H3,(H,26,30).